The van der Waals surface area contributed by atoms with Gasteiger partial charge in [-0.05, 0) is 49.2 Å². The van der Waals surface area contributed by atoms with Gasteiger partial charge in [-0.3, -0.25) is 13.9 Å². The number of benzene rings is 3. The molecule has 0 aliphatic rings. The number of alkyl halides is 3. The molecule has 14 heteroatoms. The Morgan fingerprint density at radius 2 is 1.55 bits per heavy atom. The molecule has 2 unspecified atom stereocenters. The molecule has 0 radical (unpaired) electrons. The van der Waals surface area contributed by atoms with Gasteiger partial charge in [-0.25, -0.2) is 8.42 Å². The molecule has 0 saturated heterocycles. The first kappa shape index (κ1) is 35.5. The number of halogens is 6. The van der Waals surface area contributed by atoms with Crippen LogP contribution in [0.4, 0.5) is 18.9 Å². The van der Waals surface area contributed by atoms with Crippen LogP contribution in [0, 0.1) is 0 Å². The molecule has 0 heterocycles. The Labute approximate surface area is 269 Å². The number of sulfonamides is 1. The summed E-state index contributed by atoms with van der Waals surface area (Å²) in [5.41, 5.74) is -0.702. The van der Waals surface area contributed by atoms with Crippen molar-refractivity contribution in [3.63, 3.8) is 0 Å². The number of hydrogen-bond donors (Lipinski definition) is 1. The molecular formula is C30H31Cl3F3N3O4S. The van der Waals surface area contributed by atoms with Crippen LogP contribution in [0.5, 0.6) is 0 Å². The average molecular weight is 693 g/mol. The number of nitrogens with one attached hydrogen (secondary N) is 1. The van der Waals surface area contributed by atoms with Crippen LogP contribution in [0.3, 0.4) is 0 Å². The van der Waals surface area contributed by atoms with E-state index in [9.17, 15) is 31.2 Å². The number of amides is 2. The highest BCUT2D eigenvalue weighted by molar-refractivity contribution is 7.92. The zero-order valence-electron chi connectivity index (χ0n) is 24.0. The molecular weight excluding hydrogens is 662 g/mol. The molecule has 44 heavy (non-hydrogen) atoms. The molecule has 3 aromatic rings. The number of hydrogen-bond acceptors (Lipinski definition) is 4. The molecule has 3 rings (SSSR count). The highest BCUT2D eigenvalue weighted by Crippen LogP contribution is 2.37. The van der Waals surface area contributed by atoms with E-state index in [1.54, 1.807) is 55.5 Å². The summed E-state index contributed by atoms with van der Waals surface area (Å²) in [7, 11) is -4.32. The van der Waals surface area contributed by atoms with Gasteiger partial charge in [0.25, 0.3) is 0 Å². The van der Waals surface area contributed by atoms with Crippen LogP contribution in [0.1, 0.15) is 37.0 Å². The maximum absolute atomic E-state index is 14.1. The molecule has 7 nitrogen and oxygen atoms in total. The molecule has 0 aliphatic heterocycles. The molecule has 2 atom stereocenters. The lowest BCUT2D eigenvalue weighted by molar-refractivity contribution is -0.140. The van der Waals surface area contributed by atoms with Gasteiger partial charge in [0.1, 0.15) is 12.6 Å². The SMILES string of the molecule is CCC(C)NC(=O)C(Cc1ccccc1)N(Cc1c(Cl)cccc1Cl)C(=O)CN(c1ccc(Cl)c(C(F)(F)F)c1)S(C)(=O)=O. The van der Waals surface area contributed by atoms with Crippen molar-refractivity contribution in [1.82, 2.24) is 10.2 Å². The number of carbonyl (C=O) groups is 2. The first-order valence-electron chi connectivity index (χ1n) is 13.4. The predicted molar refractivity (Wildman–Crippen MR) is 167 cm³/mol. The maximum Gasteiger partial charge on any atom is 0.417 e. The smallest absolute Gasteiger partial charge is 0.352 e. The lowest BCUT2D eigenvalue weighted by Gasteiger charge is -2.34. The Hall–Kier alpha value is -2.99. The fourth-order valence-corrected chi connectivity index (χ4v) is 5.93. The van der Waals surface area contributed by atoms with Crippen molar-refractivity contribution in [1.29, 1.82) is 0 Å². The summed E-state index contributed by atoms with van der Waals surface area (Å²) < 4.78 is 67.2. The van der Waals surface area contributed by atoms with Crippen molar-refractivity contribution >= 4 is 62.3 Å². The monoisotopic (exact) mass is 691 g/mol. The fraction of sp³-hybridized carbons (Fsp3) is 0.333. The van der Waals surface area contributed by atoms with Gasteiger partial charge in [0, 0.05) is 34.6 Å². The molecule has 238 valence electrons. The molecule has 3 aromatic carbocycles. The lowest BCUT2D eigenvalue weighted by atomic mass is 10.0. The number of nitrogens with zero attached hydrogens (tertiary/aromatic N) is 2. The van der Waals surface area contributed by atoms with E-state index < -0.39 is 56.9 Å². The fourth-order valence-electron chi connectivity index (χ4n) is 4.35. The summed E-state index contributed by atoms with van der Waals surface area (Å²) in [6.45, 7) is 2.43. The quantitative estimate of drug-likeness (QED) is 0.222. The van der Waals surface area contributed by atoms with Gasteiger partial charge in [0.05, 0.1) is 22.5 Å². The minimum atomic E-state index is -4.89. The van der Waals surface area contributed by atoms with Crippen LogP contribution in [0.2, 0.25) is 15.1 Å². The summed E-state index contributed by atoms with van der Waals surface area (Å²) in [6, 6.07) is 14.6. The van der Waals surface area contributed by atoms with Crippen molar-refractivity contribution in [2.24, 2.45) is 0 Å². The maximum atomic E-state index is 14.1. The number of anilines is 1. The summed E-state index contributed by atoms with van der Waals surface area (Å²) in [5.74, 6) is -1.40. The third kappa shape index (κ3) is 9.26. The largest absolute Gasteiger partial charge is 0.417 e. The van der Waals surface area contributed by atoms with E-state index in [4.69, 9.17) is 34.8 Å². The van der Waals surface area contributed by atoms with Gasteiger partial charge < -0.3 is 10.2 Å². The van der Waals surface area contributed by atoms with Crippen LogP contribution in [0.15, 0.2) is 66.7 Å². The van der Waals surface area contributed by atoms with Crippen LogP contribution < -0.4 is 9.62 Å². The van der Waals surface area contributed by atoms with E-state index >= 15 is 0 Å². The molecule has 0 fully saturated rings. The summed E-state index contributed by atoms with van der Waals surface area (Å²) in [4.78, 5) is 29.0. The molecule has 0 aromatic heterocycles. The molecule has 0 aliphatic carbocycles. The van der Waals surface area contributed by atoms with E-state index in [-0.39, 0.29) is 29.1 Å². The molecule has 0 bridgehead atoms. The molecule has 0 spiro atoms. The van der Waals surface area contributed by atoms with Gasteiger partial charge in [0.2, 0.25) is 21.8 Å². The van der Waals surface area contributed by atoms with Gasteiger partial charge in [-0.2, -0.15) is 13.2 Å². The lowest BCUT2D eigenvalue weighted by Crippen LogP contribution is -2.54. The Morgan fingerprint density at radius 1 is 0.932 bits per heavy atom. The second kappa shape index (κ2) is 14.9. The third-order valence-electron chi connectivity index (χ3n) is 6.88. The van der Waals surface area contributed by atoms with E-state index in [0.29, 0.717) is 27.9 Å². The first-order valence-corrected chi connectivity index (χ1v) is 16.4. The highest BCUT2D eigenvalue weighted by Gasteiger charge is 2.37. The van der Waals surface area contributed by atoms with Gasteiger partial charge in [0.15, 0.2) is 0 Å². The minimum absolute atomic E-state index is 0.0367. The van der Waals surface area contributed by atoms with Gasteiger partial charge >= 0.3 is 6.18 Å². The molecule has 0 saturated carbocycles. The van der Waals surface area contributed by atoms with E-state index in [0.717, 1.165) is 23.3 Å². The minimum Gasteiger partial charge on any atom is -0.352 e. The van der Waals surface area contributed by atoms with Crippen molar-refractivity contribution in [3.05, 3.63) is 98.5 Å². The van der Waals surface area contributed by atoms with Crippen molar-refractivity contribution in [2.45, 2.75) is 51.5 Å². The van der Waals surface area contributed by atoms with Gasteiger partial charge in [-0.1, -0.05) is 78.1 Å². The highest BCUT2D eigenvalue weighted by atomic mass is 35.5. The number of carbonyl (C=O) groups excluding carboxylic acids is 2. The second-order valence-corrected chi connectivity index (χ2v) is 13.3. The van der Waals surface area contributed by atoms with Crippen molar-refractivity contribution in [2.75, 3.05) is 17.1 Å². The second-order valence-electron chi connectivity index (χ2n) is 10.2. The van der Waals surface area contributed by atoms with Crippen LogP contribution >= 0.6 is 34.8 Å². The van der Waals surface area contributed by atoms with Crippen molar-refractivity contribution < 1.29 is 31.2 Å². The Bertz CT molecular complexity index is 1570. The molecule has 1 N–H and O–H groups in total. The average Bonchev–Trinajstić information content (AvgIpc) is 2.94. The van der Waals surface area contributed by atoms with Crippen molar-refractivity contribution in [3.8, 4) is 0 Å². The topological polar surface area (TPSA) is 86.8 Å². The Kier molecular flexibility index (Phi) is 12.0. The third-order valence-corrected chi connectivity index (χ3v) is 9.06. The Balaban J connectivity index is 2.15. The van der Waals surface area contributed by atoms with Crippen LogP contribution in [-0.4, -0.2) is 50.0 Å². The summed E-state index contributed by atoms with van der Waals surface area (Å²) in [6.07, 6.45) is -3.50. The van der Waals surface area contributed by atoms with E-state index in [1.165, 1.54) is 0 Å². The van der Waals surface area contributed by atoms with Gasteiger partial charge in [-0.15, -0.1) is 0 Å². The first-order chi connectivity index (χ1) is 20.5. The van der Waals surface area contributed by atoms with E-state index in [2.05, 4.69) is 5.32 Å². The predicted octanol–water partition coefficient (Wildman–Crippen LogP) is 6.99. The zero-order chi connectivity index (χ0) is 32.8. The molecule has 2 amide bonds. The standard InChI is InChI=1S/C30H31Cl3F3N3O4S/c1-4-19(2)37-29(41)27(15-20-9-6-5-7-10-20)38(17-22-24(31)11-8-12-25(22)32)28(40)18-39(44(3,42)43)21-13-14-26(33)23(16-21)30(34,35)36/h5-14,16,19,27H,4,15,17-18H2,1-3H3,(H,37,41). The number of rotatable bonds is 12. The zero-order valence-corrected chi connectivity index (χ0v) is 27.1. The Morgan fingerprint density at radius 3 is 2.09 bits per heavy atom. The summed E-state index contributed by atoms with van der Waals surface area (Å²) in [5, 5.41) is 2.63. The normalized spacial score (nSPS) is 13.2. The summed E-state index contributed by atoms with van der Waals surface area (Å²) >= 11 is 18.6. The van der Waals surface area contributed by atoms with E-state index in [1.807, 2.05) is 6.92 Å². The van der Waals surface area contributed by atoms with Crippen LogP contribution in [-0.2, 0) is 38.8 Å². The van der Waals surface area contributed by atoms with Crippen LogP contribution in [0.25, 0.3) is 0 Å².